The number of benzene rings is 1. The molecule has 6 nitrogen and oxygen atoms in total. The summed E-state index contributed by atoms with van der Waals surface area (Å²) in [6, 6.07) is 5.84. The number of aromatic nitrogens is 4. The molecule has 3 aromatic rings. The molecule has 0 amide bonds. The molecular formula is C21H26N4O2. The maximum atomic E-state index is 9.97. The van der Waals surface area contributed by atoms with Gasteiger partial charge in [-0.05, 0) is 62.9 Å². The van der Waals surface area contributed by atoms with Crippen molar-refractivity contribution in [3.05, 3.63) is 35.0 Å². The Morgan fingerprint density at radius 3 is 2.48 bits per heavy atom. The first kappa shape index (κ1) is 17.8. The second-order valence-corrected chi connectivity index (χ2v) is 7.49. The van der Waals surface area contributed by atoms with Crippen molar-refractivity contribution in [2.45, 2.75) is 65.3 Å². The first-order chi connectivity index (χ1) is 13.1. The first-order valence-corrected chi connectivity index (χ1v) is 9.79. The number of aromatic hydroxyl groups is 1. The number of aryl methyl sites for hydroxylation is 3. The van der Waals surface area contributed by atoms with Crippen LogP contribution >= 0.6 is 0 Å². The van der Waals surface area contributed by atoms with E-state index in [-0.39, 0.29) is 0 Å². The van der Waals surface area contributed by atoms with Gasteiger partial charge < -0.3 is 9.63 Å². The lowest BCUT2D eigenvalue weighted by Crippen LogP contribution is -2.11. The van der Waals surface area contributed by atoms with Crippen LogP contribution in [-0.2, 0) is 6.54 Å². The van der Waals surface area contributed by atoms with Crippen LogP contribution in [0.2, 0.25) is 0 Å². The van der Waals surface area contributed by atoms with Gasteiger partial charge >= 0.3 is 0 Å². The Labute approximate surface area is 159 Å². The van der Waals surface area contributed by atoms with Crippen LogP contribution in [0.5, 0.6) is 5.75 Å². The Kier molecular flexibility index (Phi) is 4.72. The summed E-state index contributed by atoms with van der Waals surface area (Å²) < 4.78 is 7.57. The first-order valence-electron chi connectivity index (χ1n) is 9.79. The minimum atomic E-state index is 0.303. The molecule has 0 radical (unpaired) electrons. The molecule has 1 saturated carbocycles. The number of rotatable bonds is 4. The van der Waals surface area contributed by atoms with Crippen molar-refractivity contribution in [3.63, 3.8) is 0 Å². The molecule has 142 valence electrons. The van der Waals surface area contributed by atoms with E-state index in [2.05, 4.69) is 27.8 Å². The summed E-state index contributed by atoms with van der Waals surface area (Å²) in [7, 11) is 0. The molecule has 1 fully saturated rings. The Bertz CT molecular complexity index is 928. The van der Waals surface area contributed by atoms with Gasteiger partial charge in [-0.3, -0.25) is 4.68 Å². The van der Waals surface area contributed by atoms with E-state index < -0.39 is 0 Å². The molecule has 1 aliphatic rings. The summed E-state index contributed by atoms with van der Waals surface area (Å²) in [5, 5.41) is 18.8. The van der Waals surface area contributed by atoms with E-state index in [1.807, 2.05) is 26.0 Å². The van der Waals surface area contributed by atoms with E-state index in [0.29, 0.717) is 23.4 Å². The Morgan fingerprint density at radius 1 is 1.11 bits per heavy atom. The Hall–Kier alpha value is -2.63. The van der Waals surface area contributed by atoms with Crippen molar-refractivity contribution in [1.29, 1.82) is 0 Å². The molecule has 2 aromatic heterocycles. The summed E-state index contributed by atoms with van der Waals surface area (Å²) in [6.07, 6.45) is 6.38. The summed E-state index contributed by atoms with van der Waals surface area (Å²) in [6.45, 7) is 6.69. The largest absolute Gasteiger partial charge is 0.507 e. The maximum Gasteiger partial charge on any atom is 0.258 e. The lowest BCUT2D eigenvalue weighted by molar-refractivity contribution is 0.417. The standard InChI is InChI=1S/C21H26N4O2/c1-4-25-18(15-8-6-5-7-9-15)12-17(23-25)20-22-21(27-24-20)16-10-13(2)19(26)14(3)11-16/h10-12,15,26H,4-9H2,1-3H3. The van der Waals surface area contributed by atoms with E-state index in [1.54, 1.807) is 0 Å². The van der Waals surface area contributed by atoms with Gasteiger partial charge in [-0.1, -0.05) is 24.4 Å². The van der Waals surface area contributed by atoms with E-state index in [1.165, 1.54) is 37.8 Å². The van der Waals surface area contributed by atoms with Gasteiger partial charge in [0.25, 0.3) is 5.89 Å². The summed E-state index contributed by atoms with van der Waals surface area (Å²) in [5.74, 6) is 1.84. The molecule has 0 atom stereocenters. The Morgan fingerprint density at radius 2 is 1.81 bits per heavy atom. The lowest BCUT2D eigenvalue weighted by Gasteiger charge is -2.22. The minimum absolute atomic E-state index is 0.303. The van der Waals surface area contributed by atoms with E-state index >= 15 is 0 Å². The second-order valence-electron chi connectivity index (χ2n) is 7.49. The smallest absolute Gasteiger partial charge is 0.258 e. The highest BCUT2D eigenvalue weighted by Gasteiger charge is 2.23. The minimum Gasteiger partial charge on any atom is -0.507 e. The molecule has 6 heteroatoms. The van der Waals surface area contributed by atoms with Crippen molar-refractivity contribution in [2.24, 2.45) is 0 Å². The topological polar surface area (TPSA) is 77.0 Å². The summed E-state index contributed by atoms with van der Waals surface area (Å²) in [5.41, 5.74) is 4.44. The average molecular weight is 366 g/mol. The van der Waals surface area contributed by atoms with Gasteiger partial charge in [0.1, 0.15) is 11.4 Å². The number of nitrogens with zero attached hydrogens (tertiary/aromatic N) is 4. The zero-order valence-corrected chi connectivity index (χ0v) is 16.2. The van der Waals surface area contributed by atoms with E-state index in [9.17, 15) is 5.11 Å². The van der Waals surface area contributed by atoms with Gasteiger partial charge in [0, 0.05) is 23.7 Å². The third-order valence-electron chi connectivity index (χ3n) is 5.53. The van der Waals surface area contributed by atoms with Crippen molar-refractivity contribution >= 4 is 0 Å². The zero-order valence-electron chi connectivity index (χ0n) is 16.2. The van der Waals surface area contributed by atoms with Crippen LogP contribution in [0.3, 0.4) is 0 Å². The molecule has 1 aromatic carbocycles. The van der Waals surface area contributed by atoms with Gasteiger partial charge in [-0.15, -0.1) is 0 Å². The van der Waals surface area contributed by atoms with Crippen LogP contribution in [0, 0.1) is 13.8 Å². The van der Waals surface area contributed by atoms with Gasteiger partial charge in [0.05, 0.1) is 0 Å². The number of hydrogen-bond donors (Lipinski definition) is 1. The average Bonchev–Trinajstić information content (AvgIpc) is 3.33. The highest BCUT2D eigenvalue weighted by atomic mass is 16.5. The molecule has 1 aliphatic carbocycles. The van der Waals surface area contributed by atoms with Crippen molar-refractivity contribution in [3.8, 4) is 28.7 Å². The highest BCUT2D eigenvalue weighted by Crippen LogP contribution is 2.35. The predicted octanol–water partition coefficient (Wildman–Crippen LogP) is 4.99. The van der Waals surface area contributed by atoms with E-state index in [4.69, 9.17) is 9.62 Å². The van der Waals surface area contributed by atoms with Gasteiger partial charge in [-0.2, -0.15) is 10.1 Å². The summed E-state index contributed by atoms with van der Waals surface area (Å²) in [4.78, 5) is 4.56. The number of hydrogen-bond acceptors (Lipinski definition) is 5. The van der Waals surface area contributed by atoms with Crippen LogP contribution in [0.1, 0.15) is 61.8 Å². The van der Waals surface area contributed by atoms with E-state index in [0.717, 1.165) is 28.9 Å². The van der Waals surface area contributed by atoms with Gasteiger partial charge in [-0.25, -0.2) is 0 Å². The SMILES string of the molecule is CCn1nc(-c2noc(-c3cc(C)c(O)c(C)c3)n2)cc1C1CCCCC1. The molecule has 0 aliphatic heterocycles. The quantitative estimate of drug-likeness (QED) is 0.704. The van der Waals surface area contributed by atoms with Crippen LogP contribution in [-0.4, -0.2) is 25.0 Å². The van der Waals surface area contributed by atoms with Gasteiger partial charge in [0.15, 0.2) is 0 Å². The maximum absolute atomic E-state index is 9.97. The lowest BCUT2D eigenvalue weighted by atomic mass is 9.87. The zero-order chi connectivity index (χ0) is 19.0. The molecule has 4 rings (SSSR count). The highest BCUT2D eigenvalue weighted by molar-refractivity contribution is 5.62. The van der Waals surface area contributed by atoms with Crippen LogP contribution in [0.4, 0.5) is 0 Å². The van der Waals surface area contributed by atoms with Crippen molar-refractivity contribution in [1.82, 2.24) is 19.9 Å². The van der Waals surface area contributed by atoms with Crippen LogP contribution in [0.25, 0.3) is 23.0 Å². The third kappa shape index (κ3) is 3.36. The van der Waals surface area contributed by atoms with Crippen molar-refractivity contribution in [2.75, 3.05) is 0 Å². The molecule has 0 unspecified atom stereocenters. The normalized spacial score (nSPS) is 15.4. The molecule has 0 spiro atoms. The Balaban J connectivity index is 1.66. The molecular weight excluding hydrogens is 340 g/mol. The number of phenols is 1. The van der Waals surface area contributed by atoms with Crippen LogP contribution < -0.4 is 0 Å². The fourth-order valence-corrected chi connectivity index (χ4v) is 4.04. The van der Waals surface area contributed by atoms with Crippen LogP contribution in [0.15, 0.2) is 22.7 Å². The molecule has 1 N–H and O–H groups in total. The number of phenolic OH excluding ortho intramolecular Hbond substituents is 1. The molecule has 0 saturated heterocycles. The third-order valence-corrected chi connectivity index (χ3v) is 5.53. The molecule has 2 heterocycles. The fourth-order valence-electron chi connectivity index (χ4n) is 4.04. The monoisotopic (exact) mass is 366 g/mol. The van der Waals surface area contributed by atoms with Crippen molar-refractivity contribution < 1.29 is 9.63 Å². The predicted molar refractivity (Wildman–Crippen MR) is 104 cm³/mol. The second kappa shape index (κ2) is 7.18. The fraction of sp³-hybridized carbons (Fsp3) is 0.476. The van der Waals surface area contributed by atoms with Gasteiger partial charge in [0.2, 0.25) is 5.82 Å². The molecule has 27 heavy (non-hydrogen) atoms. The molecule has 0 bridgehead atoms. The summed E-state index contributed by atoms with van der Waals surface area (Å²) >= 11 is 0.